The molecule has 2 aromatic rings. The van der Waals surface area contributed by atoms with Gasteiger partial charge in [-0.1, -0.05) is 15.9 Å². The second kappa shape index (κ2) is 7.36. The van der Waals surface area contributed by atoms with Crippen LogP contribution in [0.4, 0.5) is 0 Å². The van der Waals surface area contributed by atoms with Crippen molar-refractivity contribution in [2.45, 2.75) is 31.7 Å². The number of aromatic nitrogens is 1. The van der Waals surface area contributed by atoms with E-state index in [0.717, 1.165) is 29.3 Å². The SMILES string of the molecule is O=C(O)CNC(=O)CCNC1CCCc2c1[nH]c1ccc(Br)cc21. The van der Waals surface area contributed by atoms with Crippen LogP contribution in [-0.2, 0) is 16.0 Å². The third kappa shape index (κ3) is 3.79. The number of H-pyrrole nitrogens is 1. The lowest BCUT2D eigenvalue weighted by Gasteiger charge is -2.23. The van der Waals surface area contributed by atoms with Gasteiger partial charge in [-0.15, -0.1) is 0 Å². The number of aryl methyl sites for hydroxylation is 1. The van der Waals surface area contributed by atoms with Crippen LogP contribution in [0.2, 0.25) is 0 Å². The number of aromatic amines is 1. The fraction of sp³-hybridized carbons (Fsp3) is 0.412. The molecule has 0 spiro atoms. The Hall–Kier alpha value is -1.86. The first-order chi connectivity index (χ1) is 11.5. The number of rotatable bonds is 6. The Morgan fingerprint density at radius 1 is 1.38 bits per heavy atom. The number of hydrogen-bond acceptors (Lipinski definition) is 3. The van der Waals surface area contributed by atoms with E-state index < -0.39 is 5.97 Å². The van der Waals surface area contributed by atoms with Gasteiger partial charge in [-0.05, 0) is 43.0 Å². The van der Waals surface area contributed by atoms with Gasteiger partial charge in [-0.3, -0.25) is 9.59 Å². The van der Waals surface area contributed by atoms with Gasteiger partial charge in [-0.2, -0.15) is 0 Å². The zero-order valence-electron chi connectivity index (χ0n) is 13.2. The van der Waals surface area contributed by atoms with Crippen LogP contribution in [0.5, 0.6) is 0 Å². The molecule has 7 heteroatoms. The van der Waals surface area contributed by atoms with Crippen LogP contribution in [0.3, 0.4) is 0 Å². The molecule has 1 aromatic carbocycles. The van der Waals surface area contributed by atoms with Crippen molar-refractivity contribution in [3.8, 4) is 0 Å². The van der Waals surface area contributed by atoms with Gasteiger partial charge < -0.3 is 20.7 Å². The molecule has 0 fully saturated rings. The van der Waals surface area contributed by atoms with Gasteiger partial charge in [0.1, 0.15) is 6.54 Å². The molecule has 1 aromatic heterocycles. The second-order valence-corrected chi connectivity index (χ2v) is 6.94. The average Bonchev–Trinajstić information content (AvgIpc) is 2.92. The number of carboxylic acid groups (broad SMARTS) is 1. The minimum Gasteiger partial charge on any atom is -0.480 e. The number of carbonyl (C=O) groups excluding carboxylic acids is 1. The topological polar surface area (TPSA) is 94.2 Å². The van der Waals surface area contributed by atoms with Crippen molar-refractivity contribution in [2.24, 2.45) is 0 Å². The zero-order chi connectivity index (χ0) is 17.1. The molecule has 1 atom stereocenters. The molecule has 1 heterocycles. The highest BCUT2D eigenvalue weighted by Crippen LogP contribution is 2.35. The number of fused-ring (bicyclic) bond motifs is 3. The first-order valence-corrected chi connectivity index (χ1v) is 8.86. The number of carbonyl (C=O) groups is 2. The lowest BCUT2D eigenvalue weighted by molar-refractivity contribution is -0.137. The molecule has 4 N–H and O–H groups in total. The van der Waals surface area contributed by atoms with Crippen LogP contribution in [-0.4, -0.2) is 35.1 Å². The van der Waals surface area contributed by atoms with Crippen molar-refractivity contribution in [3.63, 3.8) is 0 Å². The summed E-state index contributed by atoms with van der Waals surface area (Å²) in [5, 5.41) is 15.6. The summed E-state index contributed by atoms with van der Waals surface area (Å²) < 4.78 is 1.07. The number of hydrogen-bond donors (Lipinski definition) is 4. The number of halogens is 1. The molecule has 1 amide bonds. The lowest BCUT2D eigenvalue weighted by Crippen LogP contribution is -2.33. The average molecular weight is 394 g/mol. The monoisotopic (exact) mass is 393 g/mol. The van der Waals surface area contributed by atoms with Crippen LogP contribution in [0.25, 0.3) is 10.9 Å². The molecule has 128 valence electrons. The predicted molar refractivity (Wildman–Crippen MR) is 94.9 cm³/mol. The molecule has 1 aliphatic carbocycles. The quantitative estimate of drug-likeness (QED) is 0.606. The van der Waals surface area contributed by atoms with Crippen molar-refractivity contribution < 1.29 is 14.7 Å². The van der Waals surface area contributed by atoms with E-state index in [0.29, 0.717) is 6.54 Å². The van der Waals surface area contributed by atoms with Gasteiger partial charge >= 0.3 is 5.97 Å². The highest BCUT2D eigenvalue weighted by Gasteiger charge is 2.24. The van der Waals surface area contributed by atoms with Gasteiger partial charge in [0, 0.05) is 40.1 Å². The predicted octanol–water partition coefficient (Wildman–Crippen LogP) is 2.49. The van der Waals surface area contributed by atoms with Crippen LogP contribution >= 0.6 is 15.9 Å². The first-order valence-electron chi connectivity index (χ1n) is 8.06. The number of aliphatic carboxylic acids is 1. The molecule has 1 aliphatic rings. The van der Waals surface area contributed by atoms with Crippen molar-refractivity contribution in [1.82, 2.24) is 15.6 Å². The van der Waals surface area contributed by atoms with Crippen molar-refractivity contribution in [1.29, 1.82) is 0 Å². The summed E-state index contributed by atoms with van der Waals surface area (Å²) in [6.07, 6.45) is 3.46. The van der Waals surface area contributed by atoms with E-state index >= 15 is 0 Å². The summed E-state index contributed by atoms with van der Waals surface area (Å²) in [5.41, 5.74) is 3.70. The third-order valence-electron chi connectivity index (χ3n) is 4.35. The Morgan fingerprint density at radius 2 is 2.21 bits per heavy atom. The molecule has 24 heavy (non-hydrogen) atoms. The molecule has 0 bridgehead atoms. The van der Waals surface area contributed by atoms with Crippen LogP contribution in [0.1, 0.15) is 36.6 Å². The third-order valence-corrected chi connectivity index (χ3v) is 4.84. The van der Waals surface area contributed by atoms with Crippen molar-refractivity contribution in [3.05, 3.63) is 33.9 Å². The molecule has 1 unspecified atom stereocenters. The summed E-state index contributed by atoms with van der Waals surface area (Å²) in [6, 6.07) is 6.45. The van der Waals surface area contributed by atoms with E-state index in [4.69, 9.17) is 5.11 Å². The Bertz CT molecular complexity index is 772. The summed E-state index contributed by atoms with van der Waals surface area (Å²) in [5.74, 6) is -1.28. The summed E-state index contributed by atoms with van der Waals surface area (Å²) in [7, 11) is 0. The standard InChI is InChI=1S/C17H20BrN3O3/c18-10-4-5-13-12(8-10)11-2-1-3-14(17(11)21-13)19-7-6-15(22)20-9-16(23)24/h4-5,8,14,19,21H,1-3,6-7,9H2,(H,20,22)(H,23,24). The van der Waals surface area contributed by atoms with Crippen LogP contribution < -0.4 is 10.6 Å². The summed E-state index contributed by atoms with van der Waals surface area (Å²) >= 11 is 3.53. The summed E-state index contributed by atoms with van der Waals surface area (Å²) in [6.45, 7) is 0.192. The normalized spacial score (nSPS) is 16.8. The molecule has 0 radical (unpaired) electrons. The molecular weight excluding hydrogens is 374 g/mol. The van der Waals surface area contributed by atoms with Gasteiger partial charge in [0.05, 0.1) is 0 Å². The van der Waals surface area contributed by atoms with Crippen molar-refractivity contribution in [2.75, 3.05) is 13.1 Å². The van der Waals surface area contributed by atoms with Gasteiger partial charge in [0.15, 0.2) is 0 Å². The maximum absolute atomic E-state index is 11.6. The van der Waals surface area contributed by atoms with E-state index in [2.05, 4.69) is 43.7 Å². The maximum Gasteiger partial charge on any atom is 0.322 e. The Morgan fingerprint density at radius 3 is 3.00 bits per heavy atom. The Kier molecular flexibility index (Phi) is 5.20. The highest BCUT2D eigenvalue weighted by molar-refractivity contribution is 9.10. The van der Waals surface area contributed by atoms with Gasteiger partial charge in [0.2, 0.25) is 5.91 Å². The largest absolute Gasteiger partial charge is 0.480 e. The van der Waals surface area contributed by atoms with E-state index in [1.807, 2.05) is 6.07 Å². The number of carboxylic acids is 1. The molecule has 0 saturated carbocycles. The summed E-state index contributed by atoms with van der Waals surface area (Å²) in [4.78, 5) is 25.5. The number of amides is 1. The zero-order valence-corrected chi connectivity index (χ0v) is 14.8. The molecular formula is C17H20BrN3O3. The van der Waals surface area contributed by atoms with Gasteiger partial charge in [-0.25, -0.2) is 0 Å². The fourth-order valence-corrected chi connectivity index (χ4v) is 3.62. The highest BCUT2D eigenvalue weighted by atomic mass is 79.9. The van der Waals surface area contributed by atoms with E-state index in [-0.39, 0.29) is 24.9 Å². The Labute approximate surface area is 148 Å². The minimum atomic E-state index is -1.03. The first kappa shape index (κ1) is 17.0. The maximum atomic E-state index is 11.6. The molecule has 3 rings (SSSR count). The molecule has 6 nitrogen and oxygen atoms in total. The van der Waals surface area contributed by atoms with Crippen LogP contribution in [0.15, 0.2) is 22.7 Å². The van der Waals surface area contributed by atoms with E-state index in [1.165, 1.54) is 16.6 Å². The molecule has 0 aliphatic heterocycles. The number of nitrogens with one attached hydrogen (secondary N) is 3. The smallest absolute Gasteiger partial charge is 0.322 e. The lowest BCUT2D eigenvalue weighted by atomic mass is 9.91. The minimum absolute atomic E-state index is 0.201. The van der Waals surface area contributed by atoms with Crippen LogP contribution in [0, 0.1) is 0 Å². The second-order valence-electron chi connectivity index (χ2n) is 6.03. The van der Waals surface area contributed by atoms with E-state index in [1.54, 1.807) is 0 Å². The fourth-order valence-electron chi connectivity index (χ4n) is 3.26. The Balaban J connectivity index is 1.64. The molecule has 0 saturated heterocycles. The van der Waals surface area contributed by atoms with Crippen molar-refractivity contribution >= 4 is 38.7 Å². The number of benzene rings is 1. The van der Waals surface area contributed by atoms with Gasteiger partial charge in [0.25, 0.3) is 0 Å². The van der Waals surface area contributed by atoms with E-state index in [9.17, 15) is 9.59 Å².